The third kappa shape index (κ3) is 3.96. The van der Waals surface area contributed by atoms with Gasteiger partial charge in [0, 0.05) is 32.6 Å². The second kappa shape index (κ2) is 7.31. The Kier molecular flexibility index (Phi) is 4.98. The molecule has 2 aromatic rings. The summed E-state index contributed by atoms with van der Waals surface area (Å²) in [6.07, 6.45) is 3.82. The summed E-state index contributed by atoms with van der Waals surface area (Å²) >= 11 is 0. The molecule has 2 aromatic heterocycles. The number of piperidine rings is 1. The minimum absolute atomic E-state index is 0.236. The molecule has 0 aromatic carbocycles. The molecular formula is C19H27N5O4. The van der Waals surface area contributed by atoms with Gasteiger partial charge in [0.15, 0.2) is 5.82 Å². The molecule has 0 bridgehead atoms. The first-order valence-electron chi connectivity index (χ1n) is 9.67. The van der Waals surface area contributed by atoms with Crippen molar-refractivity contribution in [1.82, 2.24) is 25.3 Å². The molecule has 0 aliphatic carbocycles. The monoisotopic (exact) mass is 389 g/mol. The maximum Gasteiger partial charge on any atom is 0.268 e. The van der Waals surface area contributed by atoms with Crippen LogP contribution in [-0.4, -0.2) is 68.0 Å². The number of aliphatic hydroxyl groups is 1. The molecule has 2 aliphatic heterocycles. The van der Waals surface area contributed by atoms with Crippen molar-refractivity contribution in [3.63, 3.8) is 0 Å². The van der Waals surface area contributed by atoms with Crippen molar-refractivity contribution >= 4 is 5.91 Å². The van der Waals surface area contributed by atoms with E-state index in [2.05, 4.69) is 25.3 Å². The van der Waals surface area contributed by atoms with Gasteiger partial charge in [0.2, 0.25) is 5.89 Å². The third-order valence-electron chi connectivity index (χ3n) is 5.84. The number of likely N-dealkylation sites (tertiary alicyclic amines) is 1. The zero-order valence-electron chi connectivity index (χ0n) is 16.3. The van der Waals surface area contributed by atoms with Crippen LogP contribution in [0.3, 0.4) is 0 Å². The van der Waals surface area contributed by atoms with Gasteiger partial charge >= 0.3 is 0 Å². The van der Waals surface area contributed by atoms with Crippen LogP contribution in [0.4, 0.5) is 0 Å². The van der Waals surface area contributed by atoms with E-state index in [1.54, 1.807) is 32.2 Å². The number of carbonyl (C=O) groups is 1. The average Bonchev–Trinajstić information content (AvgIpc) is 3.31. The molecule has 28 heavy (non-hydrogen) atoms. The van der Waals surface area contributed by atoms with Gasteiger partial charge in [0.1, 0.15) is 5.69 Å². The van der Waals surface area contributed by atoms with Crippen LogP contribution >= 0.6 is 0 Å². The standard InChI is InChI=1S/C19H27N5O4/c1-13-21-16(23-28-13)10-24-8-5-19(6-9-24)12-18(2,26)15(11-27-19)22-17(25)14-4-3-7-20-14/h3-4,7,15,20,26H,5-6,8-12H2,1-2H3,(H,22,25)/t15-,18-/m0/s1. The summed E-state index contributed by atoms with van der Waals surface area (Å²) in [5.41, 5.74) is -0.921. The van der Waals surface area contributed by atoms with Crippen LogP contribution in [0.15, 0.2) is 22.9 Å². The molecule has 1 spiro atoms. The van der Waals surface area contributed by atoms with E-state index in [0.29, 0.717) is 37.0 Å². The van der Waals surface area contributed by atoms with Crippen LogP contribution in [0.1, 0.15) is 48.4 Å². The normalized spacial score (nSPS) is 27.8. The maximum absolute atomic E-state index is 12.3. The summed E-state index contributed by atoms with van der Waals surface area (Å²) in [6, 6.07) is 3.02. The van der Waals surface area contributed by atoms with E-state index in [0.717, 1.165) is 25.9 Å². The smallest absolute Gasteiger partial charge is 0.268 e. The third-order valence-corrected chi connectivity index (χ3v) is 5.84. The molecule has 0 saturated carbocycles. The van der Waals surface area contributed by atoms with Gasteiger partial charge < -0.3 is 24.7 Å². The fourth-order valence-electron chi connectivity index (χ4n) is 4.22. The van der Waals surface area contributed by atoms with E-state index < -0.39 is 11.6 Å². The number of rotatable bonds is 4. The lowest BCUT2D eigenvalue weighted by molar-refractivity contribution is -0.186. The van der Waals surface area contributed by atoms with Gasteiger partial charge in [-0.15, -0.1) is 0 Å². The first-order chi connectivity index (χ1) is 13.4. The van der Waals surface area contributed by atoms with Crippen LogP contribution in [-0.2, 0) is 11.3 Å². The Morgan fingerprint density at radius 2 is 2.25 bits per heavy atom. The molecule has 3 N–H and O–H groups in total. The number of H-pyrrole nitrogens is 1. The van der Waals surface area contributed by atoms with E-state index >= 15 is 0 Å². The Labute approximate surface area is 163 Å². The quantitative estimate of drug-likeness (QED) is 0.714. The molecular weight excluding hydrogens is 362 g/mol. The highest BCUT2D eigenvalue weighted by Crippen LogP contribution is 2.39. The molecule has 0 radical (unpaired) electrons. The van der Waals surface area contributed by atoms with Crippen molar-refractivity contribution in [3.8, 4) is 0 Å². The van der Waals surface area contributed by atoms with Crippen LogP contribution in [0.2, 0.25) is 0 Å². The summed E-state index contributed by atoms with van der Waals surface area (Å²) in [4.78, 5) is 21.7. The number of aromatic nitrogens is 3. The number of amides is 1. The Morgan fingerprint density at radius 1 is 1.46 bits per heavy atom. The fourth-order valence-corrected chi connectivity index (χ4v) is 4.22. The second-order valence-electron chi connectivity index (χ2n) is 8.14. The summed E-state index contributed by atoms with van der Waals surface area (Å²) < 4.78 is 11.2. The fraction of sp³-hybridized carbons (Fsp3) is 0.632. The summed E-state index contributed by atoms with van der Waals surface area (Å²) in [5.74, 6) is 1.03. The van der Waals surface area contributed by atoms with Crippen LogP contribution in [0.5, 0.6) is 0 Å². The molecule has 0 unspecified atom stereocenters. The molecule has 2 aliphatic rings. The predicted octanol–water partition coefficient (Wildman–Crippen LogP) is 1.01. The first-order valence-corrected chi connectivity index (χ1v) is 9.67. The summed E-state index contributed by atoms with van der Waals surface area (Å²) in [7, 11) is 0. The lowest BCUT2D eigenvalue weighted by atomic mass is 9.75. The Morgan fingerprint density at radius 3 is 2.86 bits per heavy atom. The largest absolute Gasteiger partial charge is 0.388 e. The highest BCUT2D eigenvalue weighted by Gasteiger charge is 2.49. The average molecular weight is 389 g/mol. The van der Waals surface area contributed by atoms with Crippen molar-refractivity contribution in [2.24, 2.45) is 0 Å². The van der Waals surface area contributed by atoms with Gasteiger partial charge in [-0.2, -0.15) is 4.98 Å². The van der Waals surface area contributed by atoms with Gasteiger partial charge in [0.25, 0.3) is 5.91 Å². The van der Waals surface area contributed by atoms with E-state index in [9.17, 15) is 9.90 Å². The van der Waals surface area contributed by atoms with Gasteiger partial charge in [-0.3, -0.25) is 9.69 Å². The van der Waals surface area contributed by atoms with Crippen LogP contribution < -0.4 is 5.32 Å². The maximum atomic E-state index is 12.3. The number of carbonyl (C=O) groups excluding carboxylic acids is 1. The van der Waals surface area contributed by atoms with Crippen molar-refractivity contribution in [2.45, 2.75) is 56.9 Å². The zero-order valence-corrected chi connectivity index (χ0v) is 16.3. The second-order valence-corrected chi connectivity index (χ2v) is 8.14. The van der Waals surface area contributed by atoms with Gasteiger partial charge in [-0.25, -0.2) is 0 Å². The van der Waals surface area contributed by atoms with Crippen LogP contribution in [0.25, 0.3) is 0 Å². The Bertz CT molecular complexity index is 808. The number of aryl methyl sites for hydroxylation is 1. The first kappa shape index (κ1) is 19.1. The van der Waals surface area contributed by atoms with Gasteiger partial charge in [-0.1, -0.05) is 5.16 Å². The molecule has 4 rings (SSSR count). The van der Waals surface area contributed by atoms with Gasteiger partial charge in [0.05, 0.1) is 30.4 Å². The van der Waals surface area contributed by atoms with Crippen molar-refractivity contribution in [2.75, 3.05) is 19.7 Å². The molecule has 9 nitrogen and oxygen atoms in total. The van der Waals surface area contributed by atoms with Crippen LogP contribution in [0, 0.1) is 6.92 Å². The molecule has 2 fully saturated rings. The van der Waals surface area contributed by atoms with E-state index in [1.165, 1.54) is 0 Å². The minimum atomic E-state index is -1.03. The number of hydrogen-bond acceptors (Lipinski definition) is 7. The van der Waals surface area contributed by atoms with E-state index in [1.807, 2.05) is 0 Å². The minimum Gasteiger partial charge on any atom is -0.388 e. The van der Waals surface area contributed by atoms with Crippen molar-refractivity contribution in [1.29, 1.82) is 0 Å². The molecule has 1 amide bonds. The molecule has 2 saturated heterocycles. The predicted molar refractivity (Wildman–Crippen MR) is 99.5 cm³/mol. The number of ether oxygens (including phenoxy) is 1. The SMILES string of the molecule is Cc1nc(CN2CCC3(CC2)C[C@](C)(O)[C@@H](NC(=O)c2ccc[nH]2)CO3)no1. The summed E-state index contributed by atoms with van der Waals surface area (Å²) in [6.45, 7) is 6.19. The van der Waals surface area contributed by atoms with Crippen molar-refractivity contribution in [3.05, 3.63) is 35.7 Å². The molecule has 4 heterocycles. The number of nitrogens with one attached hydrogen (secondary N) is 2. The topological polar surface area (TPSA) is 117 Å². The number of hydrogen-bond donors (Lipinski definition) is 3. The van der Waals surface area contributed by atoms with E-state index in [4.69, 9.17) is 9.26 Å². The van der Waals surface area contributed by atoms with Crippen molar-refractivity contribution < 1.29 is 19.2 Å². The Hall–Kier alpha value is -2.23. The molecule has 9 heteroatoms. The lowest BCUT2D eigenvalue weighted by Crippen LogP contribution is -2.63. The Balaban J connectivity index is 1.33. The van der Waals surface area contributed by atoms with Gasteiger partial charge in [-0.05, 0) is 31.9 Å². The van der Waals surface area contributed by atoms with E-state index in [-0.39, 0.29) is 11.5 Å². The highest BCUT2D eigenvalue weighted by atomic mass is 16.5. The zero-order chi connectivity index (χ0) is 19.8. The highest BCUT2D eigenvalue weighted by molar-refractivity contribution is 5.92. The lowest BCUT2D eigenvalue weighted by Gasteiger charge is -2.51. The number of nitrogens with zero attached hydrogens (tertiary/aromatic N) is 3. The molecule has 152 valence electrons. The number of aromatic amines is 1. The molecule has 2 atom stereocenters. The summed E-state index contributed by atoms with van der Waals surface area (Å²) in [5, 5.41) is 17.9.